The SMILES string of the molecule is Cc1[nH]c(-c2cccc(N)c2)cc2cn(C(Oc3ccc(F)cc3)c3ccccc3)c(=O)c1-2. The summed E-state index contributed by atoms with van der Waals surface area (Å²) in [6.45, 7) is 1.88. The molecule has 0 bridgehead atoms. The van der Waals surface area contributed by atoms with Gasteiger partial charge in [-0.2, -0.15) is 0 Å². The molecule has 3 N–H and O–H groups in total. The van der Waals surface area contributed by atoms with Crippen molar-refractivity contribution < 1.29 is 9.13 Å². The molecule has 2 aliphatic rings. The molecule has 0 fully saturated rings. The summed E-state index contributed by atoms with van der Waals surface area (Å²) in [7, 11) is 0. The first kappa shape index (κ1) is 20.6. The molecular formula is C27H22FN3O2. The Balaban J connectivity index is 1.64. The Kier molecular flexibility index (Phi) is 5.18. The summed E-state index contributed by atoms with van der Waals surface area (Å²) < 4.78 is 21.2. The molecule has 0 amide bonds. The number of ether oxygens (including phenoxy) is 1. The van der Waals surface area contributed by atoms with Crippen LogP contribution in [0.4, 0.5) is 10.1 Å². The van der Waals surface area contributed by atoms with Crippen molar-refractivity contribution in [1.29, 1.82) is 0 Å². The summed E-state index contributed by atoms with van der Waals surface area (Å²) in [4.78, 5) is 16.8. The molecule has 164 valence electrons. The third-order valence-corrected chi connectivity index (χ3v) is 5.61. The van der Waals surface area contributed by atoms with Gasteiger partial charge >= 0.3 is 0 Å². The van der Waals surface area contributed by atoms with Crippen LogP contribution in [-0.2, 0) is 0 Å². The summed E-state index contributed by atoms with van der Waals surface area (Å²) in [6, 6.07) is 24.8. The lowest BCUT2D eigenvalue weighted by molar-refractivity contribution is 0.171. The van der Waals surface area contributed by atoms with E-state index in [2.05, 4.69) is 4.98 Å². The molecule has 0 saturated carbocycles. The number of aromatic amines is 1. The van der Waals surface area contributed by atoms with Gasteiger partial charge in [-0.3, -0.25) is 9.36 Å². The highest BCUT2D eigenvalue weighted by Crippen LogP contribution is 2.31. The van der Waals surface area contributed by atoms with Gasteiger partial charge < -0.3 is 15.5 Å². The number of nitrogens with one attached hydrogen (secondary N) is 1. The molecule has 0 saturated heterocycles. The number of nitrogens with zero attached hydrogens (tertiary/aromatic N) is 1. The van der Waals surface area contributed by atoms with Crippen molar-refractivity contribution in [1.82, 2.24) is 9.55 Å². The molecule has 1 unspecified atom stereocenters. The Morgan fingerprint density at radius 3 is 2.42 bits per heavy atom. The average Bonchev–Trinajstić information content (AvgIpc) is 3.15. The van der Waals surface area contributed by atoms with E-state index in [-0.39, 0.29) is 11.4 Å². The fourth-order valence-electron chi connectivity index (χ4n) is 4.05. The summed E-state index contributed by atoms with van der Waals surface area (Å²) in [5.41, 5.74) is 11.2. The number of hydrogen-bond acceptors (Lipinski definition) is 3. The van der Waals surface area contributed by atoms with Crippen LogP contribution in [0.25, 0.3) is 22.4 Å². The minimum Gasteiger partial charge on any atom is -0.466 e. The molecule has 5 rings (SSSR count). The van der Waals surface area contributed by atoms with Crippen molar-refractivity contribution in [3.8, 4) is 28.1 Å². The van der Waals surface area contributed by atoms with Gasteiger partial charge in [0.15, 0.2) is 0 Å². The molecule has 0 aromatic heterocycles. The number of nitrogen functional groups attached to an aromatic ring is 1. The molecule has 1 atom stereocenters. The Bertz CT molecular complexity index is 1440. The summed E-state index contributed by atoms with van der Waals surface area (Å²) in [5, 5.41) is 0. The van der Waals surface area contributed by atoms with Crippen LogP contribution in [0, 0.1) is 12.7 Å². The fraction of sp³-hybridized carbons (Fsp3) is 0.0741. The first-order valence-corrected chi connectivity index (χ1v) is 10.6. The summed E-state index contributed by atoms with van der Waals surface area (Å²) >= 11 is 0. The Labute approximate surface area is 190 Å². The Hall–Kier alpha value is -4.32. The zero-order valence-electron chi connectivity index (χ0n) is 18.0. The van der Waals surface area contributed by atoms with Gasteiger partial charge in [-0.1, -0.05) is 42.5 Å². The molecule has 33 heavy (non-hydrogen) atoms. The van der Waals surface area contributed by atoms with E-state index >= 15 is 0 Å². The predicted octanol–water partition coefficient (Wildman–Crippen LogP) is 5.60. The number of fused-ring (bicyclic) bond motifs is 1. The first-order chi connectivity index (χ1) is 16.0. The highest BCUT2D eigenvalue weighted by Gasteiger charge is 2.24. The van der Waals surface area contributed by atoms with Gasteiger partial charge in [0, 0.05) is 34.4 Å². The lowest BCUT2D eigenvalue weighted by Crippen LogP contribution is -2.26. The second kappa shape index (κ2) is 8.31. The lowest BCUT2D eigenvalue weighted by atomic mass is 10.0. The van der Waals surface area contributed by atoms with Gasteiger partial charge in [-0.05, 0) is 55.0 Å². The van der Waals surface area contributed by atoms with E-state index in [0.29, 0.717) is 17.0 Å². The molecule has 0 aliphatic carbocycles. The number of H-pyrrole nitrogens is 1. The molecule has 6 heteroatoms. The number of pyridine rings is 1. The molecule has 0 spiro atoms. The van der Waals surface area contributed by atoms with Gasteiger partial charge in [-0.25, -0.2) is 4.39 Å². The molecule has 2 aliphatic heterocycles. The topological polar surface area (TPSA) is 73.0 Å². The van der Waals surface area contributed by atoms with Crippen molar-refractivity contribution in [3.63, 3.8) is 0 Å². The van der Waals surface area contributed by atoms with Gasteiger partial charge in [0.05, 0.1) is 5.56 Å². The molecule has 2 heterocycles. The average molecular weight is 439 g/mol. The van der Waals surface area contributed by atoms with Crippen molar-refractivity contribution in [2.75, 3.05) is 5.73 Å². The van der Waals surface area contributed by atoms with Crippen LogP contribution in [0.1, 0.15) is 17.5 Å². The number of nitrogens with two attached hydrogens (primary N) is 1. The first-order valence-electron chi connectivity index (χ1n) is 10.6. The molecule has 5 nitrogen and oxygen atoms in total. The molecule has 3 aromatic rings. The zero-order chi connectivity index (χ0) is 22.9. The number of halogens is 1. The highest BCUT2D eigenvalue weighted by molar-refractivity contribution is 5.75. The van der Waals surface area contributed by atoms with Gasteiger partial charge in [0.2, 0.25) is 6.23 Å². The van der Waals surface area contributed by atoms with Crippen LogP contribution in [0.15, 0.2) is 95.9 Å². The monoisotopic (exact) mass is 439 g/mol. The van der Waals surface area contributed by atoms with Crippen molar-refractivity contribution in [2.45, 2.75) is 13.2 Å². The maximum atomic E-state index is 13.5. The number of rotatable bonds is 5. The van der Waals surface area contributed by atoms with Gasteiger partial charge in [-0.15, -0.1) is 0 Å². The molecule has 0 radical (unpaired) electrons. The third kappa shape index (κ3) is 3.99. The Morgan fingerprint density at radius 2 is 1.70 bits per heavy atom. The van der Waals surface area contributed by atoms with Crippen molar-refractivity contribution in [2.24, 2.45) is 0 Å². The van der Waals surface area contributed by atoms with E-state index in [1.807, 2.05) is 67.6 Å². The van der Waals surface area contributed by atoms with E-state index in [1.165, 1.54) is 12.1 Å². The largest absolute Gasteiger partial charge is 0.466 e. The standard InChI is InChI=1S/C27H22FN3O2/c1-17-25-20(15-24(30-17)19-8-5-9-22(29)14-19)16-31(26(25)32)27(18-6-3-2-4-7-18)33-23-12-10-21(28)11-13-23/h2-16,27,30H,29H2,1H3. The van der Waals surface area contributed by atoms with Crippen molar-refractivity contribution >= 4 is 5.69 Å². The second-order valence-electron chi connectivity index (χ2n) is 7.94. The van der Waals surface area contributed by atoms with E-state index < -0.39 is 6.23 Å². The second-order valence-corrected chi connectivity index (χ2v) is 7.94. The highest BCUT2D eigenvalue weighted by atomic mass is 19.1. The normalized spacial score (nSPS) is 12.1. The van der Waals surface area contributed by atoms with E-state index in [1.54, 1.807) is 22.9 Å². The van der Waals surface area contributed by atoms with Crippen molar-refractivity contribution in [3.05, 3.63) is 119 Å². The van der Waals surface area contributed by atoms with Crippen LogP contribution in [0.2, 0.25) is 0 Å². The zero-order valence-corrected chi connectivity index (χ0v) is 18.0. The number of benzene rings is 3. The third-order valence-electron chi connectivity index (χ3n) is 5.61. The Morgan fingerprint density at radius 1 is 0.939 bits per heavy atom. The quantitative estimate of drug-likeness (QED) is 0.350. The van der Waals surface area contributed by atoms with Crippen LogP contribution >= 0.6 is 0 Å². The minimum atomic E-state index is -0.716. The van der Waals surface area contributed by atoms with Gasteiger partial charge in [0.1, 0.15) is 11.6 Å². The molecular weight excluding hydrogens is 417 g/mol. The number of anilines is 1. The van der Waals surface area contributed by atoms with Crippen LogP contribution < -0.4 is 16.0 Å². The summed E-state index contributed by atoms with van der Waals surface area (Å²) in [6.07, 6.45) is 1.09. The minimum absolute atomic E-state index is 0.172. The summed E-state index contributed by atoms with van der Waals surface area (Å²) in [5.74, 6) is 0.112. The van der Waals surface area contributed by atoms with Crippen LogP contribution in [0.3, 0.4) is 0 Å². The maximum absolute atomic E-state index is 13.5. The van der Waals surface area contributed by atoms with E-state index in [0.717, 1.165) is 28.1 Å². The van der Waals surface area contributed by atoms with E-state index in [4.69, 9.17) is 10.5 Å². The fourth-order valence-corrected chi connectivity index (χ4v) is 4.05. The maximum Gasteiger partial charge on any atom is 0.263 e. The molecule has 3 aromatic carbocycles. The predicted molar refractivity (Wildman–Crippen MR) is 128 cm³/mol. The number of hydrogen-bond donors (Lipinski definition) is 2. The van der Waals surface area contributed by atoms with Crippen LogP contribution in [-0.4, -0.2) is 9.55 Å². The number of aryl methyl sites for hydroxylation is 1. The smallest absolute Gasteiger partial charge is 0.263 e. The van der Waals surface area contributed by atoms with Crippen LogP contribution in [0.5, 0.6) is 5.75 Å². The van der Waals surface area contributed by atoms with E-state index in [9.17, 15) is 9.18 Å². The van der Waals surface area contributed by atoms with Gasteiger partial charge in [0.25, 0.3) is 5.56 Å². The number of aromatic nitrogens is 2. The lowest BCUT2D eigenvalue weighted by Gasteiger charge is -2.20.